The second-order valence-corrected chi connectivity index (χ2v) is 11.0. The van der Waals surface area contributed by atoms with Crippen LogP contribution in [0, 0.1) is 6.92 Å². The highest BCUT2D eigenvalue weighted by Gasteiger charge is 2.18. The highest BCUT2D eigenvalue weighted by molar-refractivity contribution is 8.00. The number of thioether (sulfide) groups is 1. The van der Waals surface area contributed by atoms with Gasteiger partial charge in [0.1, 0.15) is 17.0 Å². The molecule has 0 fully saturated rings. The van der Waals surface area contributed by atoms with Crippen molar-refractivity contribution in [2.45, 2.75) is 24.0 Å². The van der Waals surface area contributed by atoms with E-state index in [1.807, 2.05) is 31.2 Å². The topological polar surface area (TPSA) is 145 Å². The Morgan fingerprint density at radius 2 is 1.51 bits per heavy atom. The quantitative estimate of drug-likeness (QED) is 0.0868. The Morgan fingerprint density at radius 1 is 0.814 bits per heavy atom. The molecule has 5 N–H and O–H groups in total. The summed E-state index contributed by atoms with van der Waals surface area (Å²) in [4.78, 5) is 50.8. The van der Waals surface area contributed by atoms with Crippen molar-refractivity contribution in [3.8, 4) is 5.75 Å². The molecule has 0 radical (unpaired) electrons. The van der Waals surface area contributed by atoms with E-state index in [0.29, 0.717) is 11.3 Å². The van der Waals surface area contributed by atoms with Gasteiger partial charge in [-0.1, -0.05) is 48.0 Å². The molecule has 9 nitrogen and oxygen atoms in total. The van der Waals surface area contributed by atoms with Crippen LogP contribution in [0.15, 0.2) is 108 Å². The first kappa shape index (κ1) is 30.6. The van der Waals surface area contributed by atoms with Gasteiger partial charge >= 0.3 is 5.97 Å². The number of aromatic hydroxyl groups is 1. The Morgan fingerprint density at radius 3 is 2.19 bits per heavy atom. The van der Waals surface area contributed by atoms with Gasteiger partial charge in [0.05, 0.1) is 5.25 Å². The number of amides is 3. The number of rotatable bonds is 10. The number of aromatic carboxylic acids is 1. The van der Waals surface area contributed by atoms with Crippen LogP contribution in [0.1, 0.15) is 38.8 Å². The molecule has 4 aromatic carbocycles. The number of carboxylic acid groups (broad SMARTS) is 1. The lowest BCUT2D eigenvalue weighted by Gasteiger charge is -2.14. The van der Waals surface area contributed by atoms with Crippen molar-refractivity contribution in [2.75, 3.05) is 10.6 Å². The van der Waals surface area contributed by atoms with Gasteiger partial charge in [0.15, 0.2) is 0 Å². The van der Waals surface area contributed by atoms with Crippen LogP contribution in [0.25, 0.3) is 6.08 Å². The number of hydrogen-bond donors (Lipinski definition) is 5. The number of carboxylic acids is 1. The van der Waals surface area contributed by atoms with Crippen molar-refractivity contribution in [1.82, 2.24) is 5.32 Å². The molecule has 0 aliphatic carbocycles. The summed E-state index contributed by atoms with van der Waals surface area (Å²) in [5.74, 6) is -2.98. The van der Waals surface area contributed by atoms with Crippen molar-refractivity contribution in [3.63, 3.8) is 0 Å². The van der Waals surface area contributed by atoms with E-state index in [1.54, 1.807) is 67.6 Å². The average molecular weight is 596 g/mol. The minimum atomic E-state index is -1.31. The fourth-order valence-corrected chi connectivity index (χ4v) is 4.84. The van der Waals surface area contributed by atoms with Crippen molar-refractivity contribution < 1.29 is 29.4 Å². The maximum absolute atomic E-state index is 13.3. The Kier molecular flexibility index (Phi) is 9.98. The van der Waals surface area contributed by atoms with Crippen LogP contribution >= 0.6 is 11.8 Å². The lowest BCUT2D eigenvalue weighted by atomic mass is 10.1. The third-order valence-corrected chi connectivity index (χ3v) is 7.28. The molecular weight excluding hydrogens is 566 g/mol. The maximum atomic E-state index is 13.3. The zero-order chi connectivity index (χ0) is 30.9. The highest BCUT2D eigenvalue weighted by atomic mass is 32.2. The second-order valence-electron chi connectivity index (χ2n) is 9.56. The van der Waals surface area contributed by atoms with Crippen LogP contribution in [-0.4, -0.2) is 39.2 Å². The fraction of sp³-hybridized carbons (Fsp3) is 0.0909. The third-order valence-electron chi connectivity index (χ3n) is 6.17. The van der Waals surface area contributed by atoms with E-state index in [0.717, 1.165) is 16.0 Å². The molecule has 0 aromatic heterocycles. The minimum Gasteiger partial charge on any atom is -0.507 e. The monoisotopic (exact) mass is 595 g/mol. The normalized spacial score (nSPS) is 11.7. The van der Waals surface area contributed by atoms with E-state index in [-0.39, 0.29) is 22.9 Å². The number of benzene rings is 4. The van der Waals surface area contributed by atoms with Gasteiger partial charge in [-0.2, -0.15) is 0 Å². The molecule has 0 bridgehead atoms. The van der Waals surface area contributed by atoms with Gasteiger partial charge in [0.25, 0.3) is 11.8 Å². The second kappa shape index (κ2) is 14.0. The summed E-state index contributed by atoms with van der Waals surface area (Å²) >= 11 is 1.27. The van der Waals surface area contributed by atoms with Crippen molar-refractivity contribution >= 4 is 52.9 Å². The lowest BCUT2D eigenvalue weighted by Crippen LogP contribution is -2.30. The van der Waals surface area contributed by atoms with Crippen LogP contribution in [0.3, 0.4) is 0 Å². The first-order valence-corrected chi connectivity index (χ1v) is 14.1. The molecule has 218 valence electrons. The third kappa shape index (κ3) is 8.57. The number of hydrogen-bond acceptors (Lipinski definition) is 6. The van der Waals surface area contributed by atoms with Crippen LogP contribution in [0.4, 0.5) is 11.4 Å². The molecule has 0 spiro atoms. The van der Waals surface area contributed by atoms with Gasteiger partial charge in [-0.25, -0.2) is 4.79 Å². The number of anilines is 2. The fourth-order valence-electron chi connectivity index (χ4n) is 3.97. The summed E-state index contributed by atoms with van der Waals surface area (Å²) < 4.78 is 0. The van der Waals surface area contributed by atoms with Crippen molar-refractivity contribution in [1.29, 1.82) is 0 Å². The highest BCUT2D eigenvalue weighted by Crippen LogP contribution is 2.27. The Balaban J connectivity index is 1.42. The van der Waals surface area contributed by atoms with Crippen molar-refractivity contribution in [2.24, 2.45) is 0 Å². The number of carbonyl (C=O) groups is 4. The van der Waals surface area contributed by atoms with E-state index in [4.69, 9.17) is 0 Å². The van der Waals surface area contributed by atoms with Crippen molar-refractivity contribution in [3.05, 3.63) is 125 Å². The molecule has 3 amide bonds. The minimum absolute atomic E-state index is 0.0727. The van der Waals surface area contributed by atoms with E-state index in [1.165, 1.54) is 30.0 Å². The van der Waals surface area contributed by atoms with Gasteiger partial charge < -0.3 is 26.2 Å². The number of phenols is 1. The Bertz CT molecular complexity index is 1690. The molecule has 0 aliphatic rings. The smallest absolute Gasteiger partial charge is 0.339 e. The zero-order valence-electron chi connectivity index (χ0n) is 23.3. The number of carbonyl (C=O) groups excluding carboxylic acids is 3. The summed E-state index contributed by atoms with van der Waals surface area (Å²) in [5.41, 5.74) is 2.67. The van der Waals surface area contributed by atoms with Crippen LogP contribution in [-0.2, 0) is 9.59 Å². The molecule has 0 saturated carbocycles. The number of aryl methyl sites for hydroxylation is 1. The SMILES string of the molecule is Cc1cccc(/C=C(\NC(=O)c2ccccc2)C(=O)Nc2ccc(SC(C)C(=O)Nc3ccc(O)c(C(=O)O)c3)cc2)c1. The molecule has 4 aromatic rings. The summed E-state index contributed by atoms with van der Waals surface area (Å²) in [5, 5.41) is 26.5. The molecule has 0 heterocycles. The predicted molar refractivity (Wildman–Crippen MR) is 167 cm³/mol. The zero-order valence-corrected chi connectivity index (χ0v) is 24.1. The number of nitrogens with one attached hydrogen (secondary N) is 3. The van der Waals surface area contributed by atoms with Gasteiger partial charge in [-0.15, -0.1) is 11.8 Å². The van der Waals surface area contributed by atoms with Gasteiger partial charge in [0, 0.05) is 21.8 Å². The van der Waals surface area contributed by atoms with Crippen LogP contribution < -0.4 is 16.0 Å². The van der Waals surface area contributed by atoms with Gasteiger partial charge in [0.2, 0.25) is 5.91 Å². The van der Waals surface area contributed by atoms with Crippen LogP contribution in [0.5, 0.6) is 5.75 Å². The average Bonchev–Trinajstić information content (AvgIpc) is 2.99. The van der Waals surface area contributed by atoms with E-state index < -0.39 is 28.8 Å². The molecule has 0 aliphatic heterocycles. The van der Waals surface area contributed by atoms with E-state index >= 15 is 0 Å². The van der Waals surface area contributed by atoms with Gasteiger partial charge in [-0.3, -0.25) is 14.4 Å². The molecular formula is C33H29N3O6S. The Hall–Kier alpha value is -5.35. The molecule has 43 heavy (non-hydrogen) atoms. The van der Waals surface area contributed by atoms with Crippen LogP contribution in [0.2, 0.25) is 0 Å². The molecule has 1 unspecified atom stereocenters. The standard InChI is InChI=1S/C33H29N3O6S/c1-20-7-6-8-22(17-20)18-28(36-31(39)23-9-4-3-5-10-23)32(40)34-24-11-14-26(15-12-24)43-21(2)30(38)35-25-13-16-29(37)27(19-25)33(41)42/h3-19,21,37H,1-2H3,(H,34,40)(H,35,38)(H,36,39)(H,41,42)/b28-18-. The first-order chi connectivity index (χ1) is 20.6. The Labute approximate surface area is 252 Å². The van der Waals surface area contributed by atoms with Gasteiger partial charge in [-0.05, 0) is 80.1 Å². The molecule has 0 saturated heterocycles. The summed E-state index contributed by atoms with van der Waals surface area (Å²) in [6, 6.07) is 26.8. The predicted octanol–water partition coefficient (Wildman–Crippen LogP) is 5.93. The summed E-state index contributed by atoms with van der Waals surface area (Å²) in [6.45, 7) is 3.64. The molecule has 10 heteroatoms. The van der Waals surface area contributed by atoms with E-state index in [2.05, 4.69) is 16.0 Å². The summed E-state index contributed by atoms with van der Waals surface area (Å²) in [6.07, 6.45) is 1.61. The van der Waals surface area contributed by atoms with E-state index in [9.17, 15) is 29.4 Å². The largest absolute Gasteiger partial charge is 0.507 e. The molecule has 4 rings (SSSR count). The first-order valence-electron chi connectivity index (χ1n) is 13.2. The lowest BCUT2D eigenvalue weighted by molar-refractivity contribution is -0.115. The molecule has 1 atom stereocenters. The maximum Gasteiger partial charge on any atom is 0.339 e. The summed E-state index contributed by atoms with van der Waals surface area (Å²) in [7, 11) is 0.